The van der Waals surface area contributed by atoms with E-state index in [-0.39, 0.29) is 12.5 Å². The van der Waals surface area contributed by atoms with Gasteiger partial charge in [-0.3, -0.25) is 4.79 Å². The van der Waals surface area contributed by atoms with Crippen molar-refractivity contribution in [3.8, 4) is 5.75 Å². The van der Waals surface area contributed by atoms with Crippen molar-refractivity contribution in [2.45, 2.75) is 26.5 Å². The lowest BCUT2D eigenvalue weighted by Crippen LogP contribution is -2.24. The predicted octanol–water partition coefficient (Wildman–Crippen LogP) is 2.35. The molecule has 2 heterocycles. The molecule has 2 aromatic heterocycles. The van der Waals surface area contributed by atoms with E-state index in [1.807, 2.05) is 30.3 Å². The molecule has 1 N–H and O–H groups in total. The molecule has 0 bridgehead atoms. The maximum Gasteiger partial charge on any atom is 0.250 e. The molecule has 0 spiro atoms. The normalized spacial score (nSPS) is 11.9. The molecule has 0 fully saturated rings. The Labute approximate surface area is 138 Å². The number of ether oxygens (including phenoxy) is 1. The van der Waals surface area contributed by atoms with Gasteiger partial charge in [-0.2, -0.15) is 0 Å². The summed E-state index contributed by atoms with van der Waals surface area (Å²) in [5.74, 6) is 1.49. The number of carbonyl (C=O) groups excluding carboxylic acids is 1. The second-order valence-electron chi connectivity index (χ2n) is 5.28. The summed E-state index contributed by atoms with van der Waals surface area (Å²) in [6, 6.07) is 10.5. The Balaban J connectivity index is 1.58. The van der Waals surface area contributed by atoms with Gasteiger partial charge in [0.15, 0.2) is 5.82 Å². The molecule has 0 saturated carbocycles. The third kappa shape index (κ3) is 3.78. The summed E-state index contributed by atoms with van der Waals surface area (Å²) in [7, 11) is 0. The molecule has 24 heavy (non-hydrogen) atoms. The van der Waals surface area contributed by atoms with Crippen molar-refractivity contribution >= 4 is 11.7 Å². The van der Waals surface area contributed by atoms with Gasteiger partial charge >= 0.3 is 0 Å². The number of rotatable bonds is 6. The van der Waals surface area contributed by atoms with Crippen LogP contribution in [0.15, 0.2) is 47.1 Å². The number of carbonyl (C=O) groups is 1. The lowest BCUT2D eigenvalue weighted by atomic mass is 10.3. The first-order chi connectivity index (χ1) is 11.6. The van der Waals surface area contributed by atoms with Gasteiger partial charge in [-0.25, -0.2) is 4.68 Å². The highest BCUT2D eigenvalue weighted by atomic mass is 16.5. The van der Waals surface area contributed by atoms with E-state index < -0.39 is 6.04 Å². The van der Waals surface area contributed by atoms with Gasteiger partial charge in [0.2, 0.25) is 5.91 Å². The molecular weight excluding hydrogens is 310 g/mol. The summed E-state index contributed by atoms with van der Waals surface area (Å²) in [5, 5.41) is 14.4. The molecule has 0 unspecified atom stereocenters. The van der Waals surface area contributed by atoms with Crippen LogP contribution < -0.4 is 10.1 Å². The SMILES string of the molecule is Cc1cc(NC(=O)[C@H](C)n2cc(COc3ccccc3)nn2)no1. The largest absolute Gasteiger partial charge is 0.487 e. The van der Waals surface area contributed by atoms with Crippen LogP contribution in [-0.2, 0) is 11.4 Å². The summed E-state index contributed by atoms with van der Waals surface area (Å²) in [6.45, 7) is 3.75. The number of hydrogen-bond acceptors (Lipinski definition) is 6. The van der Waals surface area contributed by atoms with Crippen molar-refractivity contribution in [3.63, 3.8) is 0 Å². The summed E-state index contributed by atoms with van der Waals surface area (Å²) >= 11 is 0. The van der Waals surface area contributed by atoms with Crippen molar-refractivity contribution in [3.05, 3.63) is 54.0 Å². The van der Waals surface area contributed by atoms with Crippen LogP contribution in [0.5, 0.6) is 5.75 Å². The number of aryl methyl sites for hydroxylation is 1. The molecule has 0 aliphatic carbocycles. The first-order valence-electron chi connectivity index (χ1n) is 7.44. The average Bonchev–Trinajstić information content (AvgIpc) is 3.22. The second-order valence-corrected chi connectivity index (χ2v) is 5.28. The van der Waals surface area contributed by atoms with E-state index in [0.717, 1.165) is 5.75 Å². The standard InChI is InChI=1S/C16H17N5O3/c1-11-8-15(19-24-11)17-16(22)12(2)21-9-13(18-20-21)10-23-14-6-4-3-5-7-14/h3-9,12H,10H2,1-2H3,(H,17,19,22)/t12-/m0/s1. The molecule has 124 valence electrons. The van der Waals surface area contributed by atoms with Crippen molar-refractivity contribution in [2.75, 3.05) is 5.32 Å². The van der Waals surface area contributed by atoms with Crippen molar-refractivity contribution in [2.24, 2.45) is 0 Å². The summed E-state index contributed by atoms with van der Waals surface area (Å²) in [5.41, 5.74) is 0.635. The van der Waals surface area contributed by atoms with Gasteiger partial charge in [-0.1, -0.05) is 28.6 Å². The van der Waals surface area contributed by atoms with E-state index in [2.05, 4.69) is 20.8 Å². The number of nitrogens with one attached hydrogen (secondary N) is 1. The molecule has 1 amide bonds. The lowest BCUT2D eigenvalue weighted by molar-refractivity contribution is -0.119. The monoisotopic (exact) mass is 327 g/mol. The van der Waals surface area contributed by atoms with Gasteiger partial charge in [0, 0.05) is 6.07 Å². The molecular formula is C16H17N5O3. The molecule has 0 radical (unpaired) electrons. The summed E-state index contributed by atoms with van der Waals surface area (Å²) in [4.78, 5) is 12.2. The van der Waals surface area contributed by atoms with Crippen LogP contribution in [-0.4, -0.2) is 26.1 Å². The van der Waals surface area contributed by atoms with Gasteiger partial charge < -0.3 is 14.6 Å². The highest BCUT2D eigenvalue weighted by molar-refractivity contribution is 5.92. The average molecular weight is 327 g/mol. The fraction of sp³-hybridized carbons (Fsp3) is 0.250. The van der Waals surface area contributed by atoms with Crippen LogP contribution >= 0.6 is 0 Å². The zero-order valence-electron chi connectivity index (χ0n) is 13.3. The molecule has 3 rings (SSSR count). The number of para-hydroxylation sites is 1. The number of nitrogens with zero attached hydrogens (tertiary/aromatic N) is 4. The number of benzene rings is 1. The number of aromatic nitrogens is 4. The Bertz CT molecular complexity index is 812. The van der Waals surface area contributed by atoms with E-state index in [1.54, 1.807) is 26.1 Å². The maximum atomic E-state index is 12.2. The third-order valence-corrected chi connectivity index (χ3v) is 3.34. The van der Waals surface area contributed by atoms with Crippen molar-refractivity contribution in [1.29, 1.82) is 0 Å². The molecule has 0 aliphatic heterocycles. The molecule has 8 nitrogen and oxygen atoms in total. The van der Waals surface area contributed by atoms with E-state index in [9.17, 15) is 4.79 Å². The summed E-state index contributed by atoms with van der Waals surface area (Å²) < 4.78 is 12.0. The van der Waals surface area contributed by atoms with Crippen molar-refractivity contribution < 1.29 is 14.1 Å². The Morgan fingerprint density at radius 2 is 2.17 bits per heavy atom. The minimum atomic E-state index is -0.542. The van der Waals surface area contributed by atoms with Gasteiger partial charge in [0.25, 0.3) is 0 Å². The fourth-order valence-corrected chi connectivity index (χ4v) is 2.02. The Hall–Kier alpha value is -3.16. The third-order valence-electron chi connectivity index (χ3n) is 3.34. The number of amides is 1. The topological polar surface area (TPSA) is 95.1 Å². The zero-order valence-corrected chi connectivity index (χ0v) is 13.3. The Morgan fingerprint density at radius 1 is 1.38 bits per heavy atom. The quantitative estimate of drug-likeness (QED) is 0.747. The van der Waals surface area contributed by atoms with Gasteiger partial charge in [-0.05, 0) is 26.0 Å². The van der Waals surface area contributed by atoms with Crippen LogP contribution in [0.25, 0.3) is 0 Å². The molecule has 3 aromatic rings. The van der Waals surface area contributed by atoms with Crippen LogP contribution in [0.2, 0.25) is 0 Å². The number of anilines is 1. The molecule has 8 heteroatoms. The zero-order chi connectivity index (χ0) is 16.9. The minimum absolute atomic E-state index is 0.260. The van der Waals surface area contributed by atoms with E-state index in [0.29, 0.717) is 17.3 Å². The maximum absolute atomic E-state index is 12.2. The molecule has 0 saturated heterocycles. The second kappa shape index (κ2) is 6.95. The Kier molecular flexibility index (Phi) is 4.55. The first-order valence-corrected chi connectivity index (χ1v) is 7.44. The van der Waals surface area contributed by atoms with E-state index in [1.165, 1.54) is 4.68 Å². The predicted molar refractivity (Wildman–Crippen MR) is 85.4 cm³/mol. The summed E-state index contributed by atoms with van der Waals surface area (Å²) in [6.07, 6.45) is 1.68. The number of hydrogen-bond donors (Lipinski definition) is 1. The Morgan fingerprint density at radius 3 is 2.88 bits per heavy atom. The van der Waals surface area contributed by atoms with E-state index >= 15 is 0 Å². The minimum Gasteiger partial charge on any atom is -0.487 e. The fourth-order valence-electron chi connectivity index (χ4n) is 2.02. The molecule has 0 aliphatic rings. The molecule has 1 aromatic carbocycles. The van der Waals surface area contributed by atoms with Crippen LogP contribution in [0.3, 0.4) is 0 Å². The van der Waals surface area contributed by atoms with Gasteiger partial charge in [-0.15, -0.1) is 5.10 Å². The van der Waals surface area contributed by atoms with Gasteiger partial charge in [0.1, 0.15) is 29.9 Å². The first kappa shape index (κ1) is 15.7. The van der Waals surface area contributed by atoms with Crippen LogP contribution in [0.1, 0.15) is 24.4 Å². The van der Waals surface area contributed by atoms with Gasteiger partial charge in [0.05, 0.1) is 6.20 Å². The smallest absolute Gasteiger partial charge is 0.250 e. The van der Waals surface area contributed by atoms with Crippen molar-refractivity contribution in [1.82, 2.24) is 20.2 Å². The van der Waals surface area contributed by atoms with Crippen LogP contribution in [0, 0.1) is 6.92 Å². The lowest BCUT2D eigenvalue weighted by Gasteiger charge is -2.09. The highest BCUT2D eigenvalue weighted by Gasteiger charge is 2.18. The highest BCUT2D eigenvalue weighted by Crippen LogP contribution is 2.13. The van der Waals surface area contributed by atoms with E-state index in [4.69, 9.17) is 9.26 Å². The molecule has 1 atom stereocenters. The van der Waals surface area contributed by atoms with Crippen LogP contribution in [0.4, 0.5) is 5.82 Å².